The van der Waals surface area contributed by atoms with Crippen LogP contribution in [-0.4, -0.2) is 0 Å². The number of thiophene rings is 1. The first kappa shape index (κ1) is 12.2. The maximum atomic E-state index is 5.54. The molecule has 1 aromatic rings. The monoisotopic (exact) mass is 276 g/mol. The molecule has 0 amide bonds. The number of halogens is 1. The number of nitrogens with two attached hydrogens (primary N) is 1. The summed E-state index contributed by atoms with van der Waals surface area (Å²) in [4.78, 5) is 1.32. The van der Waals surface area contributed by atoms with E-state index in [1.807, 2.05) is 0 Å². The molecule has 1 aromatic heterocycles. The van der Waals surface area contributed by atoms with E-state index in [4.69, 9.17) is 5.84 Å². The number of nitrogens with one attached hydrogen (secondary N) is 1. The molecule has 0 aliphatic heterocycles. The average Bonchev–Trinajstić information content (AvgIpc) is 2.60. The Kier molecular flexibility index (Phi) is 5.70. The summed E-state index contributed by atoms with van der Waals surface area (Å²) in [6.07, 6.45) is 4.90. The highest BCUT2D eigenvalue weighted by Gasteiger charge is 2.10. The van der Waals surface area contributed by atoms with Crippen molar-refractivity contribution in [1.82, 2.24) is 5.43 Å². The molecule has 1 heterocycles. The molecule has 0 bridgehead atoms. The molecular formula is C10H17BrN2S. The second-order valence-electron chi connectivity index (χ2n) is 3.38. The third-order valence-electron chi connectivity index (χ3n) is 2.23. The molecule has 0 aromatic carbocycles. The van der Waals surface area contributed by atoms with Gasteiger partial charge < -0.3 is 0 Å². The summed E-state index contributed by atoms with van der Waals surface area (Å²) in [5.41, 5.74) is 2.88. The van der Waals surface area contributed by atoms with Gasteiger partial charge in [-0.25, -0.2) is 0 Å². The van der Waals surface area contributed by atoms with Gasteiger partial charge in [-0.2, -0.15) is 0 Å². The summed E-state index contributed by atoms with van der Waals surface area (Å²) in [7, 11) is 0. The lowest BCUT2D eigenvalue weighted by atomic mass is 10.1. The fourth-order valence-electron chi connectivity index (χ4n) is 1.42. The lowest BCUT2D eigenvalue weighted by Crippen LogP contribution is -2.27. The smallest absolute Gasteiger partial charge is 0.0553 e. The Labute approximate surface area is 98.0 Å². The predicted octanol–water partition coefficient (Wildman–Crippen LogP) is 3.60. The molecule has 4 heteroatoms. The summed E-state index contributed by atoms with van der Waals surface area (Å²) in [5, 5.41) is 2.10. The molecule has 0 fully saturated rings. The fourth-order valence-corrected chi connectivity index (χ4v) is 2.96. The zero-order chi connectivity index (χ0) is 10.4. The Hall–Kier alpha value is 0.1000. The SMILES string of the molecule is CCCCCC(NN)c1cc(Br)cs1. The first-order valence-electron chi connectivity index (χ1n) is 4.98. The number of hydrogen-bond acceptors (Lipinski definition) is 3. The fraction of sp³-hybridized carbons (Fsp3) is 0.600. The third kappa shape index (κ3) is 3.69. The molecule has 80 valence electrons. The highest BCUT2D eigenvalue weighted by molar-refractivity contribution is 9.10. The van der Waals surface area contributed by atoms with Gasteiger partial charge in [-0.05, 0) is 28.4 Å². The molecule has 2 nitrogen and oxygen atoms in total. The zero-order valence-corrected chi connectivity index (χ0v) is 10.8. The molecule has 0 radical (unpaired) electrons. The van der Waals surface area contributed by atoms with Gasteiger partial charge >= 0.3 is 0 Å². The van der Waals surface area contributed by atoms with Crippen LogP contribution in [0.2, 0.25) is 0 Å². The van der Waals surface area contributed by atoms with Crippen molar-refractivity contribution in [3.05, 3.63) is 20.8 Å². The standard InChI is InChI=1S/C10H17BrN2S/c1-2-3-4-5-9(13-12)10-6-8(11)7-14-10/h6-7,9,13H,2-5,12H2,1H3. The van der Waals surface area contributed by atoms with Crippen molar-refractivity contribution in [2.75, 3.05) is 0 Å². The van der Waals surface area contributed by atoms with Gasteiger partial charge in [0.15, 0.2) is 0 Å². The van der Waals surface area contributed by atoms with Crippen LogP contribution in [0.15, 0.2) is 15.9 Å². The van der Waals surface area contributed by atoms with E-state index in [9.17, 15) is 0 Å². The number of hydrazine groups is 1. The molecule has 1 rings (SSSR count). The van der Waals surface area contributed by atoms with E-state index in [1.54, 1.807) is 11.3 Å². The van der Waals surface area contributed by atoms with Gasteiger partial charge in [0.2, 0.25) is 0 Å². The van der Waals surface area contributed by atoms with Crippen LogP contribution in [-0.2, 0) is 0 Å². The Morgan fingerprint density at radius 1 is 1.57 bits per heavy atom. The van der Waals surface area contributed by atoms with Gasteiger partial charge in [-0.1, -0.05) is 26.2 Å². The molecule has 0 saturated carbocycles. The van der Waals surface area contributed by atoms with E-state index in [-0.39, 0.29) is 0 Å². The van der Waals surface area contributed by atoms with Crippen molar-refractivity contribution in [2.24, 2.45) is 5.84 Å². The predicted molar refractivity (Wildman–Crippen MR) is 66.2 cm³/mol. The van der Waals surface area contributed by atoms with Gasteiger partial charge in [0.25, 0.3) is 0 Å². The third-order valence-corrected chi connectivity index (χ3v) is 4.04. The van der Waals surface area contributed by atoms with Crippen molar-refractivity contribution in [1.29, 1.82) is 0 Å². The Morgan fingerprint density at radius 3 is 2.86 bits per heavy atom. The Balaban J connectivity index is 2.45. The van der Waals surface area contributed by atoms with Crippen LogP contribution in [0.4, 0.5) is 0 Å². The van der Waals surface area contributed by atoms with Crippen LogP contribution in [0, 0.1) is 0 Å². The first-order chi connectivity index (χ1) is 6.77. The second-order valence-corrected chi connectivity index (χ2v) is 5.24. The van der Waals surface area contributed by atoms with E-state index in [2.05, 4.69) is 39.7 Å². The van der Waals surface area contributed by atoms with Crippen molar-refractivity contribution >= 4 is 27.3 Å². The van der Waals surface area contributed by atoms with Crippen molar-refractivity contribution in [2.45, 2.75) is 38.6 Å². The van der Waals surface area contributed by atoms with Gasteiger partial charge in [0, 0.05) is 14.7 Å². The minimum absolute atomic E-state index is 0.317. The van der Waals surface area contributed by atoms with Crippen molar-refractivity contribution in [3.8, 4) is 0 Å². The minimum Gasteiger partial charge on any atom is -0.271 e. The van der Waals surface area contributed by atoms with Crippen LogP contribution in [0.3, 0.4) is 0 Å². The first-order valence-corrected chi connectivity index (χ1v) is 6.65. The molecule has 0 aliphatic rings. The molecule has 0 spiro atoms. The summed E-state index contributed by atoms with van der Waals surface area (Å²) in [5.74, 6) is 5.54. The van der Waals surface area contributed by atoms with Gasteiger partial charge in [0.1, 0.15) is 0 Å². The van der Waals surface area contributed by atoms with Gasteiger partial charge in [-0.3, -0.25) is 11.3 Å². The molecule has 1 unspecified atom stereocenters. The Bertz CT molecular complexity index is 262. The zero-order valence-electron chi connectivity index (χ0n) is 8.42. The van der Waals surface area contributed by atoms with Crippen molar-refractivity contribution < 1.29 is 0 Å². The van der Waals surface area contributed by atoms with Crippen LogP contribution in [0.5, 0.6) is 0 Å². The summed E-state index contributed by atoms with van der Waals surface area (Å²) in [6.45, 7) is 2.21. The Morgan fingerprint density at radius 2 is 2.36 bits per heavy atom. The normalized spacial score (nSPS) is 13.1. The summed E-state index contributed by atoms with van der Waals surface area (Å²) < 4.78 is 1.15. The van der Waals surface area contributed by atoms with Crippen molar-refractivity contribution in [3.63, 3.8) is 0 Å². The van der Waals surface area contributed by atoms with E-state index >= 15 is 0 Å². The van der Waals surface area contributed by atoms with Gasteiger partial charge in [0.05, 0.1) is 6.04 Å². The molecule has 14 heavy (non-hydrogen) atoms. The van der Waals surface area contributed by atoms with E-state index in [0.717, 1.165) is 10.9 Å². The van der Waals surface area contributed by atoms with E-state index in [1.165, 1.54) is 24.1 Å². The maximum Gasteiger partial charge on any atom is 0.0553 e. The number of hydrogen-bond donors (Lipinski definition) is 2. The number of rotatable bonds is 6. The highest BCUT2D eigenvalue weighted by atomic mass is 79.9. The largest absolute Gasteiger partial charge is 0.271 e. The van der Waals surface area contributed by atoms with Crippen LogP contribution in [0.25, 0.3) is 0 Å². The molecule has 0 aliphatic carbocycles. The summed E-state index contributed by atoms with van der Waals surface area (Å²) in [6, 6.07) is 2.46. The number of unbranched alkanes of at least 4 members (excludes halogenated alkanes) is 2. The van der Waals surface area contributed by atoms with Crippen LogP contribution in [0.1, 0.15) is 43.5 Å². The van der Waals surface area contributed by atoms with Crippen LogP contribution < -0.4 is 11.3 Å². The molecule has 1 atom stereocenters. The van der Waals surface area contributed by atoms with Gasteiger partial charge in [-0.15, -0.1) is 11.3 Å². The minimum atomic E-state index is 0.317. The van der Waals surface area contributed by atoms with E-state index in [0.29, 0.717) is 6.04 Å². The topological polar surface area (TPSA) is 38.0 Å². The molecule has 0 saturated heterocycles. The molecule has 3 N–H and O–H groups in total. The van der Waals surface area contributed by atoms with E-state index < -0.39 is 0 Å². The lowest BCUT2D eigenvalue weighted by Gasteiger charge is -2.13. The molecular weight excluding hydrogens is 260 g/mol. The maximum absolute atomic E-state index is 5.54. The second kappa shape index (κ2) is 6.56. The summed E-state index contributed by atoms with van der Waals surface area (Å²) >= 11 is 5.20. The van der Waals surface area contributed by atoms with Crippen LogP contribution >= 0.6 is 27.3 Å². The lowest BCUT2D eigenvalue weighted by molar-refractivity contribution is 0.493. The highest BCUT2D eigenvalue weighted by Crippen LogP contribution is 2.28. The average molecular weight is 277 g/mol. The quantitative estimate of drug-likeness (QED) is 0.473.